The molecule has 0 unspecified atom stereocenters. The van der Waals surface area contributed by atoms with E-state index in [0.717, 1.165) is 25.7 Å². The van der Waals surface area contributed by atoms with E-state index in [4.69, 9.17) is 4.74 Å². The summed E-state index contributed by atoms with van der Waals surface area (Å²) in [5.41, 5.74) is 2.36. The Hall–Kier alpha value is -3.39. The van der Waals surface area contributed by atoms with Crippen LogP contribution in [0.2, 0.25) is 0 Å². The molecule has 1 aliphatic rings. The highest BCUT2D eigenvalue weighted by molar-refractivity contribution is 5.97. The van der Waals surface area contributed by atoms with E-state index in [9.17, 15) is 14.4 Å². The van der Waals surface area contributed by atoms with Gasteiger partial charge in [-0.2, -0.15) is 0 Å². The fourth-order valence-electron chi connectivity index (χ4n) is 3.75. The molecule has 0 radical (unpaired) electrons. The Morgan fingerprint density at radius 3 is 2.39 bits per heavy atom. The van der Waals surface area contributed by atoms with Crippen LogP contribution in [0.4, 0.5) is 11.4 Å². The zero-order valence-electron chi connectivity index (χ0n) is 19.0. The number of ether oxygens (including phenoxy) is 1. The van der Waals surface area contributed by atoms with E-state index < -0.39 is 0 Å². The topological polar surface area (TPSA) is 109 Å². The van der Waals surface area contributed by atoms with Crippen LogP contribution in [0.3, 0.4) is 0 Å². The fraction of sp³-hybridized carbons (Fsp3) is 0.400. The number of nitrogens with one attached hydrogen (secondary N) is 4. The van der Waals surface area contributed by atoms with E-state index in [-0.39, 0.29) is 30.3 Å². The second kappa shape index (κ2) is 12.6. The van der Waals surface area contributed by atoms with Crippen molar-refractivity contribution in [1.29, 1.82) is 0 Å². The Balaban J connectivity index is 1.45. The van der Waals surface area contributed by atoms with Crippen molar-refractivity contribution in [2.24, 2.45) is 0 Å². The first-order chi connectivity index (χ1) is 16.0. The molecule has 0 aromatic heterocycles. The van der Waals surface area contributed by atoms with Gasteiger partial charge in [0.25, 0.3) is 11.8 Å². The van der Waals surface area contributed by atoms with Crippen LogP contribution >= 0.6 is 0 Å². The first-order valence-corrected chi connectivity index (χ1v) is 11.4. The Morgan fingerprint density at radius 2 is 1.67 bits per heavy atom. The molecular formula is C25H32N4O4. The summed E-state index contributed by atoms with van der Waals surface area (Å²) >= 11 is 0. The molecule has 0 atom stereocenters. The molecule has 33 heavy (non-hydrogen) atoms. The second-order valence-electron chi connectivity index (χ2n) is 8.12. The number of anilines is 2. The molecule has 1 aliphatic carbocycles. The SMILES string of the molecule is COCCNC(=O)c1cccc(NCC(=O)Nc2ccc(C(=O)NC3CCCCC3)cc2)c1. The van der Waals surface area contributed by atoms with Crippen molar-refractivity contribution in [3.05, 3.63) is 59.7 Å². The van der Waals surface area contributed by atoms with Crippen molar-refractivity contribution in [3.8, 4) is 0 Å². The molecule has 3 amide bonds. The minimum Gasteiger partial charge on any atom is -0.383 e. The number of hydrogen-bond acceptors (Lipinski definition) is 5. The smallest absolute Gasteiger partial charge is 0.251 e. The van der Waals surface area contributed by atoms with E-state index in [0.29, 0.717) is 35.7 Å². The van der Waals surface area contributed by atoms with Crippen molar-refractivity contribution in [2.75, 3.05) is 37.4 Å². The summed E-state index contributed by atoms with van der Waals surface area (Å²) in [4.78, 5) is 36.9. The van der Waals surface area contributed by atoms with E-state index >= 15 is 0 Å². The maximum absolute atomic E-state index is 12.4. The molecule has 0 heterocycles. The number of amides is 3. The standard InChI is InChI=1S/C25H32N4O4/c1-33-15-14-26-24(31)19-6-5-9-22(16-19)27-17-23(30)28-21-12-10-18(11-13-21)25(32)29-20-7-3-2-4-8-20/h5-6,9-13,16,20,27H,2-4,7-8,14-15,17H2,1H3,(H,26,31)(H,28,30)(H,29,32). The van der Waals surface area contributed by atoms with Gasteiger partial charge in [-0.3, -0.25) is 14.4 Å². The normalized spacial score (nSPS) is 13.7. The lowest BCUT2D eigenvalue weighted by Crippen LogP contribution is -2.36. The third-order valence-corrected chi connectivity index (χ3v) is 5.54. The monoisotopic (exact) mass is 452 g/mol. The van der Waals surface area contributed by atoms with Crippen LogP contribution in [0, 0.1) is 0 Å². The maximum Gasteiger partial charge on any atom is 0.251 e. The van der Waals surface area contributed by atoms with Gasteiger partial charge < -0.3 is 26.0 Å². The van der Waals surface area contributed by atoms with Crippen molar-refractivity contribution in [1.82, 2.24) is 10.6 Å². The van der Waals surface area contributed by atoms with Gasteiger partial charge in [0.1, 0.15) is 0 Å². The van der Waals surface area contributed by atoms with E-state index in [1.807, 2.05) is 0 Å². The number of carbonyl (C=O) groups is 3. The highest BCUT2D eigenvalue weighted by Gasteiger charge is 2.16. The number of benzene rings is 2. The average Bonchev–Trinajstić information content (AvgIpc) is 2.84. The van der Waals surface area contributed by atoms with Gasteiger partial charge in [-0.05, 0) is 55.3 Å². The zero-order valence-corrected chi connectivity index (χ0v) is 19.0. The molecule has 3 rings (SSSR count). The summed E-state index contributed by atoms with van der Waals surface area (Å²) in [5.74, 6) is -0.510. The van der Waals surface area contributed by atoms with Crippen LogP contribution < -0.4 is 21.3 Å². The van der Waals surface area contributed by atoms with Crippen LogP contribution in [-0.2, 0) is 9.53 Å². The van der Waals surface area contributed by atoms with Gasteiger partial charge in [-0.25, -0.2) is 0 Å². The van der Waals surface area contributed by atoms with Crippen LogP contribution in [0.5, 0.6) is 0 Å². The van der Waals surface area contributed by atoms with Crippen molar-refractivity contribution >= 4 is 29.1 Å². The highest BCUT2D eigenvalue weighted by Crippen LogP contribution is 2.18. The van der Waals surface area contributed by atoms with Gasteiger partial charge in [-0.15, -0.1) is 0 Å². The summed E-state index contributed by atoms with van der Waals surface area (Å²) in [6, 6.07) is 14.1. The number of rotatable bonds is 10. The van der Waals surface area contributed by atoms with Crippen LogP contribution in [-0.4, -0.2) is 50.6 Å². The van der Waals surface area contributed by atoms with Gasteiger partial charge in [0.2, 0.25) is 5.91 Å². The molecular weight excluding hydrogens is 420 g/mol. The molecule has 176 valence electrons. The molecule has 0 bridgehead atoms. The van der Waals surface area contributed by atoms with Crippen LogP contribution in [0.25, 0.3) is 0 Å². The molecule has 1 fully saturated rings. The third kappa shape index (κ3) is 7.91. The molecule has 8 heteroatoms. The number of methoxy groups -OCH3 is 1. The Morgan fingerprint density at radius 1 is 0.909 bits per heavy atom. The van der Waals surface area contributed by atoms with Crippen molar-refractivity contribution in [3.63, 3.8) is 0 Å². The molecule has 1 saturated carbocycles. The quantitative estimate of drug-likeness (QED) is 0.414. The molecule has 4 N–H and O–H groups in total. The molecule has 0 saturated heterocycles. The molecule has 8 nitrogen and oxygen atoms in total. The summed E-state index contributed by atoms with van der Waals surface area (Å²) in [6.07, 6.45) is 5.64. The largest absolute Gasteiger partial charge is 0.383 e. The summed E-state index contributed by atoms with van der Waals surface area (Å²) in [5, 5.41) is 11.7. The third-order valence-electron chi connectivity index (χ3n) is 5.54. The number of carbonyl (C=O) groups excluding carboxylic acids is 3. The Labute approximate surface area is 194 Å². The van der Waals surface area contributed by atoms with Gasteiger partial charge in [0.15, 0.2) is 0 Å². The molecule has 2 aromatic carbocycles. The molecule has 2 aromatic rings. The predicted molar refractivity (Wildman–Crippen MR) is 129 cm³/mol. The molecule has 0 spiro atoms. The Kier molecular flexibility index (Phi) is 9.26. The van der Waals surface area contributed by atoms with E-state index in [1.54, 1.807) is 55.6 Å². The van der Waals surface area contributed by atoms with Crippen molar-refractivity contribution in [2.45, 2.75) is 38.1 Å². The molecule has 0 aliphatic heterocycles. The van der Waals surface area contributed by atoms with Crippen LogP contribution in [0.1, 0.15) is 52.8 Å². The minimum absolute atomic E-state index is 0.0403. The highest BCUT2D eigenvalue weighted by atomic mass is 16.5. The van der Waals surface area contributed by atoms with Gasteiger partial charge in [-0.1, -0.05) is 25.3 Å². The summed E-state index contributed by atoms with van der Waals surface area (Å²) < 4.78 is 4.92. The lowest BCUT2D eigenvalue weighted by molar-refractivity contribution is -0.114. The van der Waals surface area contributed by atoms with Crippen LogP contribution in [0.15, 0.2) is 48.5 Å². The summed E-state index contributed by atoms with van der Waals surface area (Å²) in [7, 11) is 1.57. The fourth-order valence-corrected chi connectivity index (χ4v) is 3.75. The van der Waals surface area contributed by atoms with Gasteiger partial charge >= 0.3 is 0 Å². The van der Waals surface area contributed by atoms with E-state index in [1.165, 1.54) is 6.42 Å². The second-order valence-corrected chi connectivity index (χ2v) is 8.12. The summed E-state index contributed by atoms with van der Waals surface area (Å²) in [6.45, 7) is 0.908. The first kappa shape index (κ1) is 24.3. The predicted octanol–water partition coefficient (Wildman–Crippen LogP) is 3.18. The Bertz CT molecular complexity index is 940. The lowest BCUT2D eigenvalue weighted by atomic mass is 9.95. The van der Waals surface area contributed by atoms with E-state index in [2.05, 4.69) is 21.3 Å². The van der Waals surface area contributed by atoms with Gasteiger partial charge in [0, 0.05) is 42.2 Å². The maximum atomic E-state index is 12.4. The minimum atomic E-state index is -0.232. The zero-order chi connectivity index (χ0) is 23.5. The van der Waals surface area contributed by atoms with Crippen molar-refractivity contribution < 1.29 is 19.1 Å². The first-order valence-electron chi connectivity index (χ1n) is 11.4. The van der Waals surface area contributed by atoms with Gasteiger partial charge in [0.05, 0.1) is 13.2 Å². The lowest BCUT2D eigenvalue weighted by Gasteiger charge is -2.22. The number of hydrogen-bond donors (Lipinski definition) is 4. The average molecular weight is 453 g/mol.